The molecule has 0 saturated heterocycles. The minimum atomic E-state index is -1.66. The second-order valence-electron chi connectivity index (χ2n) is 5.02. The molecule has 0 bridgehead atoms. The molecule has 2 nitrogen and oxygen atoms in total. The van der Waals surface area contributed by atoms with Gasteiger partial charge in [0.1, 0.15) is 28.6 Å². The molecule has 0 spiro atoms. The number of hydrogen-bond donors (Lipinski definition) is 1. The van der Waals surface area contributed by atoms with E-state index in [0.717, 1.165) is 18.2 Å². The van der Waals surface area contributed by atoms with Gasteiger partial charge in [-0.3, -0.25) is 0 Å². The van der Waals surface area contributed by atoms with Crippen LogP contribution in [0.4, 0.5) is 8.78 Å². The number of benzene rings is 2. The van der Waals surface area contributed by atoms with Gasteiger partial charge in [-0.15, -0.1) is 0 Å². The summed E-state index contributed by atoms with van der Waals surface area (Å²) < 4.78 is 32.2. The molecule has 2 aromatic carbocycles. The summed E-state index contributed by atoms with van der Waals surface area (Å²) in [5.74, 6) is -1.33. The third-order valence-corrected chi connectivity index (χ3v) is 3.62. The molecule has 108 valence electrons. The van der Waals surface area contributed by atoms with Crippen molar-refractivity contribution >= 4 is 22.6 Å². The van der Waals surface area contributed by atoms with E-state index >= 15 is 0 Å². The van der Waals surface area contributed by atoms with Crippen LogP contribution in [0.3, 0.4) is 0 Å². The van der Waals surface area contributed by atoms with Gasteiger partial charge < -0.3 is 9.52 Å². The third kappa shape index (κ3) is 2.52. The van der Waals surface area contributed by atoms with Crippen LogP contribution in [0.5, 0.6) is 0 Å². The van der Waals surface area contributed by atoms with Gasteiger partial charge in [0.15, 0.2) is 0 Å². The summed E-state index contributed by atoms with van der Waals surface area (Å²) in [5, 5.41) is 11.9. The highest BCUT2D eigenvalue weighted by atomic mass is 35.5. The predicted molar refractivity (Wildman–Crippen MR) is 76.3 cm³/mol. The molecule has 1 unspecified atom stereocenters. The number of rotatable bonds is 2. The van der Waals surface area contributed by atoms with Crippen LogP contribution in [0.25, 0.3) is 11.0 Å². The number of furan rings is 1. The predicted octanol–water partition coefficient (Wildman–Crippen LogP) is 4.62. The molecule has 0 aliphatic rings. The maximum atomic E-state index is 13.3. The molecule has 1 atom stereocenters. The average Bonchev–Trinajstić information content (AvgIpc) is 2.81. The van der Waals surface area contributed by atoms with Crippen LogP contribution in [0.2, 0.25) is 5.02 Å². The third-order valence-electron chi connectivity index (χ3n) is 3.38. The first-order chi connectivity index (χ1) is 9.86. The Labute approximate surface area is 124 Å². The number of halogens is 3. The van der Waals surface area contributed by atoms with E-state index in [1.807, 2.05) is 0 Å². The monoisotopic (exact) mass is 308 g/mol. The van der Waals surface area contributed by atoms with Gasteiger partial charge >= 0.3 is 0 Å². The van der Waals surface area contributed by atoms with E-state index in [-0.39, 0.29) is 11.3 Å². The smallest absolute Gasteiger partial charge is 0.144 e. The Morgan fingerprint density at radius 2 is 1.71 bits per heavy atom. The van der Waals surface area contributed by atoms with Crippen molar-refractivity contribution < 1.29 is 18.3 Å². The quantitative estimate of drug-likeness (QED) is 0.749. The lowest BCUT2D eigenvalue weighted by Gasteiger charge is -2.21. The largest absolute Gasteiger partial charge is 0.458 e. The van der Waals surface area contributed by atoms with Crippen molar-refractivity contribution in [1.82, 2.24) is 0 Å². The van der Waals surface area contributed by atoms with E-state index in [1.165, 1.54) is 6.92 Å². The molecule has 0 radical (unpaired) electrons. The van der Waals surface area contributed by atoms with Crippen molar-refractivity contribution in [2.45, 2.75) is 12.5 Å². The van der Waals surface area contributed by atoms with Crippen molar-refractivity contribution in [3.05, 3.63) is 70.4 Å². The van der Waals surface area contributed by atoms with Crippen molar-refractivity contribution in [3.8, 4) is 0 Å². The highest BCUT2D eigenvalue weighted by molar-refractivity contribution is 6.31. The summed E-state index contributed by atoms with van der Waals surface area (Å²) in [6.45, 7) is 1.42. The normalized spacial score (nSPS) is 14.3. The minimum absolute atomic E-state index is 0.0742. The molecule has 1 aromatic heterocycles. The first kappa shape index (κ1) is 14.0. The zero-order valence-electron chi connectivity index (χ0n) is 11.0. The van der Waals surface area contributed by atoms with Gasteiger partial charge in [-0.2, -0.15) is 0 Å². The van der Waals surface area contributed by atoms with E-state index in [2.05, 4.69) is 0 Å². The van der Waals surface area contributed by atoms with E-state index in [0.29, 0.717) is 16.0 Å². The molecule has 0 saturated carbocycles. The van der Waals surface area contributed by atoms with Gasteiger partial charge in [-0.05, 0) is 48.9 Å². The molecular formula is C16H11ClF2O2. The second-order valence-corrected chi connectivity index (χ2v) is 5.46. The lowest BCUT2D eigenvalue weighted by atomic mass is 9.93. The first-order valence-corrected chi connectivity index (χ1v) is 6.62. The Bertz CT molecular complexity index is 804. The summed E-state index contributed by atoms with van der Waals surface area (Å²) in [4.78, 5) is 0. The fourth-order valence-corrected chi connectivity index (χ4v) is 2.41. The molecule has 0 fully saturated rings. The van der Waals surface area contributed by atoms with Gasteiger partial charge in [0.05, 0.1) is 0 Å². The van der Waals surface area contributed by atoms with E-state index in [9.17, 15) is 13.9 Å². The highest BCUT2D eigenvalue weighted by Crippen LogP contribution is 2.34. The van der Waals surface area contributed by atoms with Gasteiger partial charge in [-0.1, -0.05) is 11.6 Å². The SMILES string of the molecule is CC(O)(c1cc(F)cc(F)c1)c1cc2cc(Cl)ccc2o1. The van der Waals surface area contributed by atoms with Gasteiger partial charge in [-0.25, -0.2) is 8.78 Å². The zero-order valence-corrected chi connectivity index (χ0v) is 11.8. The lowest BCUT2D eigenvalue weighted by Crippen LogP contribution is -2.22. The molecule has 0 amide bonds. The minimum Gasteiger partial charge on any atom is -0.458 e. The molecular weight excluding hydrogens is 298 g/mol. The Morgan fingerprint density at radius 3 is 2.38 bits per heavy atom. The van der Waals surface area contributed by atoms with Crippen molar-refractivity contribution in [2.24, 2.45) is 0 Å². The van der Waals surface area contributed by atoms with E-state index in [1.54, 1.807) is 24.3 Å². The van der Waals surface area contributed by atoms with Crippen LogP contribution >= 0.6 is 11.6 Å². The van der Waals surface area contributed by atoms with Crippen molar-refractivity contribution in [1.29, 1.82) is 0 Å². The summed E-state index contributed by atoms with van der Waals surface area (Å²) in [6.07, 6.45) is 0. The molecule has 21 heavy (non-hydrogen) atoms. The summed E-state index contributed by atoms with van der Waals surface area (Å²) in [5.41, 5.74) is -1.05. The Hall–Kier alpha value is -1.91. The van der Waals surface area contributed by atoms with E-state index in [4.69, 9.17) is 16.0 Å². The lowest BCUT2D eigenvalue weighted by molar-refractivity contribution is 0.0779. The fraction of sp³-hybridized carbons (Fsp3) is 0.125. The van der Waals surface area contributed by atoms with Crippen LogP contribution in [0.15, 0.2) is 46.9 Å². The maximum Gasteiger partial charge on any atom is 0.144 e. The summed E-state index contributed by atoms with van der Waals surface area (Å²) >= 11 is 5.90. The molecule has 0 aliphatic carbocycles. The van der Waals surface area contributed by atoms with Crippen LogP contribution in [0, 0.1) is 11.6 Å². The zero-order chi connectivity index (χ0) is 15.2. The molecule has 5 heteroatoms. The van der Waals surface area contributed by atoms with Crippen molar-refractivity contribution in [2.75, 3.05) is 0 Å². The van der Waals surface area contributed by atoms with Crippen LogP contribution in [0.1, 0.15) is 18.2 Å². The van der Waals surface area contributed by atoms with Crippen LogP contribution in [-0.4, -0.2) is 5.11 Å². The number of fused-ring (bicyclic) bond motifs is 1. The topological polar surface area (TPSA) is 33.4 Å². The molecule has 1 heterocycles. The Kier molecular flexibility index (Phi) is 3.23. The standard InChI is InChI=1S/C16H11ClF2O2/c1-16(20,10-6-12(18)8-13(19)7-10)15-5-9-4-11(17)2-3-14(9)21-15/h2-8,20H,1H3. The summed E-state index contributed by atoms with van der Waals surface area (Å²) in [7, 11) is 0. The van der Waals surface area contributed by atoms with Crippen LogP contribution < -0.4 is 0 Å². The highest BCUT2D eigenvalue weighted by Gasteiger charge is 2.30. The first-order valence-electron chi connectivity index (χ1n) is 6.25. The van der Waals surface area contributed by atoms with Gasteiger partial charge in [0, 0.05) is 16.5 Å². The summed E-state index contributed by atoms with van der Waals surface area (Å²) in [6, 6.07) is 9.51. The number of hydrogen-bond acceptors (Lipinski definition) is 2. The van der Waals surface area contributed by atoms with Gasteiger partial charge in [0.2, 0.25) is 0 Å². The van der Waals surface area contributed by atoms with Crippen molar-refractivity contribution in [3.63, 3.8) is 0 Å². The fourth-order valence-electron chi connectivity index (χ4n) is 2.23. The Balaban J connectivity index is 2.14. The van der Waals surface area contributed by atoms with E-state index < -0.39 is 17.2 Å². The molecule has 1 N–H and O–H groups in total. The average molecular weight is 309 g/mol. The number of aliphatic hydroxyl groups is 1. The molecule has 3 aromatic rings. The molecule has 0 aliphatic heterocycles. The Morgan fingerprint density at radius 1 is 1.05 bits per heavy atom. The molecule has 3 rings (SSSR count). The second kappa shape index (κ2) is 4.83. The maximum absolute atomic E-state index is 13.3. The van der Waals surface area contributed by atoms with Gasteiger partial charge in [0.25, 0.3) is 0 Å². The van der Waals surface area contributed by atoms with Crippen LogP contribution in [-0.2, 0) is 5.60 Å².